The van der Waals surface area contributed by atoms with Gasteiger partial charge in [0.25, 0.3) is 0 Å². The lowest BCUT2D eigenvalue weighted by atomic mass is 9.89. The van der Waals surface area contributed by atoms with E-state index in [4.69, 9.17) is 4.52 Å². The van der Waals surface area contributed by atoms with E-state index in [2.05, 4.69) is 40.7 Å². The first kappa shape index (κ1) is 22.0. The van der Waals surface area contributed by atoms with Crippen molar-refractivity contribution in [3.8, 4) is 0 Å². The summed E-state index contributed by atoms with van der Waals surface area (Å²) >= 11 is 0. The number of aryl methyl sites for hydroxylation is 1. The first-order chi connectivity index (χ1) is 14.4. The SMILES string of the molecule is CC(=O)NC1(c2noc(CCC(=O)Nc3cccc(C(C)C)c3)n2)CCCCCC1. The van der Waals surface area contributed by atoms with E-state index in [9.17, 15) is 9.59 Å². The lowest BCUT2D eigenvalue weighted by Gasteiger charge is -2.30. The number of nitrogens with one attached hydrogen (secondary N) is 2. The molecule has 1 aliphatic rings. The van der Waals surface area contributed by atoms with Gasteiger partial charge in [0.1, 0.15) is 5.54 Å². The molecule has 1 aromatic carbocycles. The van der Waals surface area contributed by atoms with E-state index in [1.165, 1.54) is 12.5 Å². The number of carbonyl (C=O) groups is 2. The fourth-order valence-corrected chi connectivity index (χ4v) is 4.04. The molecule has 1 heterocycles. The predicted molar refractivity (Wildman–Crippen MR) is 115 cm³/mol. The second kappa shape index (κ2) is 9.87. The van der Waals surface area contributed by atoms with Gasteiger partial charge < -0.3 is 15.2 Å². The Kier molecular flexibility index (Phi) is 7.24. The molecule has 0 radical (unpaired) electrons. The minimum absolute atomic E-state index is 0.0914. The standard InChI is InChI=1S/C23H32N4O3/c1-16(2)18-9-8-10-19(15-18)24-20(29)11-12-21-25-22(27-30-21)23(26-17(3)28)13-6-4-5-7-14-23/h8-10,15-16H,4-7,11-14H2,1-3H3,(H,24,29)(H,26,28). The molecule has 2 aromatic rings. The van der Waals surface area contributed by atoms with Crippen molar-refractivity contribution in [1.29, 1.82) is 0 Å². The molecule has 0 atom stereocenters. The van der Waals surface area contributed by atoms with E-state index in [0.29, 0.717) is 24.1 Å². The zero-order valence-electron chi connectivity index (χ0n) is 18.2. The zero-order valence-corrected chi connectivity index (χ0v) is 18.2. The van der Waals surface area contributed by atoms with Crippen LogP contribution in [0.25, 0.3) is 0 Å². The fourth-order valence-electron chi connectivity index (χ4n) is 4.04. The summed E-state index contributed by atoms with van der Waals surface area (Å²) in [6.45, 7) is 5.76. The summed E-state index contributed by atoms with van der Waals surface area (Å²) in [6, 6.07) is 7.89. The molecule has 2 N–H and O–H groups in total. The van der Waals surface area contributed by atoms with Crippen molar-refractivity contribution in [2.75, 3.05) is 5.32 Å². The van der Waals surface area contributed by atoms with Gasteiger partial charge in [-0.3, -0.25) is 9.59 Å². The molecular formula is C23H32N4O3. The average Bonchev–Trinajstić information content (AvgIpc) is 3.06. The van der Waals surface area contributed by atoms with Crippen LogP contribution in [-0.2, 0) is 21.5 Å². The van der Waals surface area contributed by atoms with Crippen LogP contribution in [0, 0.1) is 0 Å². The number of nitrogens with zero attached hydrogens (tertiary/aromatic N) is 2. The maximum atomic E-state index is 12.4. The highest BCUT2D eigenvalue weighted by Crippen LogP contribution is 2.34. The minimum Gasteiger partial charge on any atom is -0.343 e. The molecule has 0 aliphatic heterocycles. The van der Waals surface area contributed by atoms with Crippen LogP contribution >= 0.6 is 0 Å². The molecule has 1 aromatic heterocycles. The number of benzene rings is 1. The summed E-state index contributed by atoms with van der Waals surface area (Å²) in [5, 5.41) is 10.2. The molecule has 2 amide bonds. The van der Waals surface area contributed by atoms with E-state index in [-0.39, 0.29) is 18.2 Å². The van der Waals surface area contributed by atoms with Crippen molar-refractivity contribution in [3.05, 3.63) is 41.5 Å². The monoisotopic (exact) mass is 412 g/mol. The minimum atomic E-state index is -0.566. The van der Waals surface area contributed by atoms with Crippen LogP contribution in [0.3, 0.4) is 0 Å². The fraction of sp³-hybridized carbons (Fsp3) is 0.565. The molecule has 7 heteroatoms. The lowest BCUT2D eigenvalue weighted by Crippen LogP contribution is -2.45. The maximum absolute atomic E-state index is 12.4. The van der Waals surface area contributed by atoms with Gasteiger partial charge in [0.05, 0.1) is 0 Å². The van der Waals surface area contributed by atoms with Crippen LogP contribution in [0.2, 0.25) is 0 Å². The molecule has 0 unspecified atom stereocenters. The predicted octanol–water partition coefficient (Wildman–Crippen LogP) is 4.45. The number of rotatable bonds is 7. The van der Waals surface area contributed by atoms with Crippen LogP contribution in [-0.4, -0.2) is 22.0 Å². The van der Waals surface area contributed by atoms with Crippen molar-refractivity contribution < 1.29 is 14.1 Å². The third kappa shape index (κ3) is 5.68. The summed E-state index contributed by atoms with van der Waals surface area (Å²) in [7, 11) is 0. The molecule has 3 rings (SSSR count). The first-order valence-corrected chi connectivity index (χ1v) is 10.9. The normalized spacial score (nSPS) is 16.1. The Labute approximate surface area is 178 Å². The van der Waals surface area contributed by atoms with Crippen molar-refractivity contribution in [1.82, 2.24) is 15.5 Å². The topological polar surface area (TPSA) is 97.1 Å². The van der Waals surface area contributed by atoms with E-state index in [1.807, 2.05) is 18.2 Å². The molecule has 0 bridgehead atoms. The van der Waals surface area contributed by atoms with Crippen LogP contribution in [0.5, 0.6) is 0 Å². The number of hydrogen-bond donors (Lipinski definition) is 2. The highest BCUT2D eigenvalue weighted by Gasteiger charge is 2.38. The van der Waals surface area contributed by atoms with Gasteiger partial charge in [-0.2, -0.15) is 4.98 Å². The summed E-state index contributed by atoms with van der Waals surface area (Å²) in [6.07, 6.45) is 6.54. The maximum Gasteiger partial charge on any atom is 0.227 e. The molecule has 7 nitrogen and oxygen atoms in total. The Morgan fingerprint density at radius 1 is 1.17 bits per heavy atom. The van der Waals surface area contributed by atoms with Gasteiger partial charge in [-0.15, -0.1) is 0 Å². The Bertz CT molecular complexity index is 867. The van der Waals surface area contributed by atoms with Gasteiger partial charge in [0.15, 0.2) is 5.82 Å². The third-order valence-electron chi connectivity index (χ3n) is 5.67. The Morgan fingerprint density at radius 2 is 1.90 bits per heavy atom. The number of carbonyl (C=O) groups excluding carboxylic acids is 2. The van der Waals surface area contributed by atoms with E-state index >= 15 is 0 Å². The lowest BCUT2D eigenvalue weighted by molar-refractivity contribution is -0.121. The van der Waals surface area contributed by atoms with Crippen LogP contribution < -0.4 is 10.6 Å². The number of amides is 2. The number of anilines is 1. The molecule has 1 fully saturated rings. The first-order valence-electron chi connectivity index (χ1n) is 10.9. The van der Waals surface area contributed by atoms with Gasteiger partial charge in [0, 0.05) is 25.5 Å². The molecule has 0 spiro atoms. The van der Waals surface area contributed by atoms with Crippen molar-refractivity contribution in [3.63, 3.8) is 0 Å². The highest BCUT2D eigenvalue weighted by molar-refractivity contribution is 5.90. The molecule has 162 valence electrons. The second-order valence-electron chi connectivity index (χ2n) is 8.52. The van der Waals surface area contributed by atoms with Gasteiger partial charge in [0.2, 0.25) is 17.7 Å². The van der Waals surface area contributed by atoms with Gasteiger partial charge in [-0.25, -0.2) is 0 Å². The van der Waals surface area contributed by atoms with Crippen molar-refractivity contribution in [2.45, 2.75) is 83.6 Å². The van der Waals surface area contributed by atoms with Crippen LogP contribution in [0.15, 0.2) is 28.8 Å². The molecule has 1 saturated carbocycles. The third-order valence-corrected chi connectivity index (χ3v) is 5.67. The van der Waals surface area contributed by atoms with Gasteiger partial charge >= 0.3 is 0 Å². The van der Waals surface area contributed by atoms with E-state index in [1.54, 1.807) is 0 Å². The summed E-state index contributed by atoms with van der Waals surface area (Å²) < 4.78 is 5.42. The van der Waals surface area contributed by atoms with Gasteiger partial charge in [-0.05, 0) is 36.5 Å². The van der Waals surface area contributed by atoms with Crippen LogP contribution in [0.4, 0.5) is 5.69 Å². The number of hydrogen-bond acceptors (Lipinski definition) is 5. The summed E-state index contributed by atoms with van der Waals surface area (Å²) in [5.41, 5.74) is 1.41. The largest absolute Gasteiger partial charge is 0.343 e. The second-order valence-corrected chi connectivity index (χ2v) is 8.52. The van der Waals surface area contributed by atoms with Crippen molar-refractivity contribution >= 4 is 17.5 Å². The highest BCUT2D eigenvalue weighted by atomic mass is 16.5. The average molecular weight is 413 g/mol. The quantitative estimate of drug-likeness (QED) is 0.655. The number of aromatic nitrogens is 2. The van der Waals surface area contributed by atoms with Gasteiger partial charge in [-0.1, -0.05) is 56.8 Å². The molecular weight excluding hydrogens is 380 g/mol. The summed E-state index contributed by atoms with van der Waals surface area (Å²) in [5.74, 6) is 1.16. The smallest absolute Gasteiger partial charge is 0.227 e. The Balaban J connectivity index is 1.62. The zero-order chi connectivity index (χ0) is 21.6. The van der Waals surface area contributed by atoms with E-state index < -0.39 is 5.54 Å². The molecule has 1 aliphatic carbocycles. The van der Waals surface area contributed by atoms with Crippen molar-refractivity contribution in [2.24, 2.45) is 0 Å². The Morgan fingerprint density at radius 3 is 2.57 bits per heavy atom. The Hall–Kier alpha value is -2.70. The summed E-state index contributed by atoms with van der Waals surface area (Å²) in [4.78, 5) is 28.7. The molecule has 0 saturated heterocycles. The van der Waals surface area contributed by atoms with Crippen LogP contribution in [0.1, 0.15) is 88.9 Å². The van der Waals surface area contributed by atoms with E-state index in [0.717, 1.165) is 44.2 Å². The molecule has 30 heavy (non-hydrogen) atoms.